The number of anilines is 1. The molecule has 1 unspecified atom stereocenters. The van der Waals surface area contributed by atoms with Gasteiger partial charge in [0.15, 0.2) is 0 Å². The molecule has 21 heavy (non-hydrogen) atoms. The van der Waals surface area contributed by atoms with Gasteiger partial charge in [0.05, 0.1) is 5.92 Å². The van der Waals surface area contributed by atoms with E-state index in [1.165, 1.54) is 11.1 Å². The second kappa shape index (κ2) is 5.60. The van der Waals surface area contributed by atoms with Crippen molar-refractivity contribution in [2.75, 3.05) is 11.4 Å². The van der Waals surface area contributed by atoms with Gasteiger partial charge in [0.2, 0.25) is 0 Å². The summed E-state index contributed by atoms with van der Waals surface area (Å²) < 4.78 is 0. The summed E-state index contributed by atoms with van der Waals surface area (Å²) in [7, 11) is 0. The molecule has 0 aromatic heterocycles. The van der Waals surface area contributed by atoms with E-state index in [4.69, 9.17) is 0 Å². The van der Waals surface area contributed by atoms with Gasteiger partial charge in [0.25, 0.3) is 0 Å². The van der Waals surface area contributed by atoms with Crippen molar-refractivity contribution in [1.29, 1.82) is 0 Å². The first-order valence-corrected chi connectivity index (χ1v) is 7.24. The lowest BCUT2D eigenvalue weighted by Gasteiger charge is -2.34. The van der Waals surface area contributed by atoms with Crippen LogP contribution in [0.25, 0.3) is 0 Å². The number of fused-ring (bicyclic) bond motifs is 1. The zero-order valence-electron chi connectivity index (χ0n) is 12.1. The van der Waals surface area contributed by atoms with Gasteiger partial charge in [-0.25, -0.2) is 0 Å². The van der Waals surface area contributed by atoms with Crippen molar-refractivity contribution in [3.63, 3.8) is 0 Å². The molecule has 2 aromatic carbocycles. The van der Waals surface area contributed by atoms with Crippen molar-refractivity contribution >= 4 is 11.7 Å². The summed E-state index contributed by atoms with van der Waals surface area (Å²) in [6, 6.07) is 16.5. The predicted molar refractivity (Wildman–Crippen MR) is 83.5 cm³/mol. The van der Waals surface area contributed by atoms with Crippen molar-refractivity contribution in [1.82, 2.24) is 0 Å². The Morgan fingerprint density at radius 2 is 2.05 bits per heavy atom. The third-order valence-electron chi connectivity index (χ3n) is 4.04. The third-order valence-corrected chi connectivity index (χ3v) is 4.04. The highest BCUT2D eigenvalue weighted by Gasteiger charge is 2.28. The number of hydrogen-bond acceptors (Lipinski definition) is 2. The summed E-state index contributed by atoms with van der Waals surface area (Å²) in [5.74, 6) is -1.04. The minimum atomic E-state index is -0.709. The lowest BCUT2D eigenvalue weighted by molar-refractivity contribution is -0.141. The monoisotopic (exact) mass is 281 g/mol. The highest BCUT2D eigenvalue weighted by molar-refractivity contribution is 5.74. The Morgan fingerprint density at radius 3 is 2.81 bits per heavy atom. The normalized spacial score (nSPS) is 17.4. The van der Waals surface area contributed by atoms with Crippen molar-refractivity contribution in [2.45, 2.75) is 19.9 Å². The van der Waals surface area contributed by atoms with Gasteiger partial charge < -0.3 is 10.0 Å². The van der Waals surface area contributed by atoms with Crippen LogP contribution >= 0.6 is 0 Å². The third kappa shape index (κ3) is 2.92. The molecule has 2 aromatic rings. The lowest BCUT2D eigenvalue weighted by Crippen LogP contribution is -2.38. The van der Waals surface area contributed by atoms with E-state index >= 15 is 0 Å². The number of nitrogens with zero attached hydrogens (tertiary/aromatic N) is 1. The first-order chi connectivity index (χ1) is 10.1. The quantitative estimate of drug-likeness (QED) is 0.938. The van der Waals surface area contributed by atoms with E-state index in [2.05, 4.69) is 42.2 Å². The summed E-state index contributed by atoms with van der Waals surface area (Å²) in [6.07, 6.45) is 0.621. The van der Waals surface area contributed by atoms with Gasteiger partial charge >= 0.3 is 5.97 Å². The molecule has 0 amide bonds. The largest absolute Gasteiger partial charge is 0.481 e. The number of benzene rings is 2. The first kappa shape index (κ1) is 13.7. The molecule has 0 saturated heterocycles. The Bertz CT molecular complexity index is 666. The van der Waals surface area contributed by atoms with Gasteiger partial charge in [-0.1, -0.05) is 48.0 Å². The highest BCUT2D eigenvalue weighted by Crippen LogP contribution is 2.31. The molecule has 1 aliphatic rings. The topological polar surface area (TPSA) is 40.5 Å². The van der Waals surface area contributed by atoms with Gasteiger partial charge in [-0.3, -0.25) is 4.79 Å². The zero-order chi connectivity index (χ0) is 14.8. The van der Waals surface area contributed by atoms with Crippen LogP contribution in [0, 0.1) is 12.8 Å². The second-order valence-corrected chi connectivity index (χ2v) is 5.74. The Balaban J connectivity index is 1.91. The van der Waals surface area contributed by atoms with Crippen molar-refractivity contribution in [3.05, 3.63) is 65.2 Å². The van der Waals surface area contributed by atoms with E-state index < -0.39 is 5.97 Å². The van der Waals surface area contributed by atoms with Crippen LogP contribution in [0.2, 0.25) is 0 Å². The molecule has 3 nitrogen and oxygen atoms in total. The number of rotatable bonds is 3. The molecule has 1 atom stereocenters. The van der Waals surface area contributed by atoms with Crippen molar-refractivity contribution < 1.29 is 9.90 Å². The fourth-order valence-corrected chi connectivity index (χ4v) is 3.03. The van der Waals surface area contributed by atoms with Gasteiger partial charge in [-0.15, -0.1) is 0 Å². The number of carboxylic acids is 1. The number of carboxylic acid groups (broad SMARTS) is 1. The second-order valence-electron chi connectivity index (χ2n) is 5.74. The minimum Gasteiger partial charge on any atom is -0.481 e. The van der Waals surface area contributed by atoms with Gasteiger partial charge in [-0.2, -0.15) is 0 Å². The van der Waals surface area contributed by atoms with E-state index in [1.807, 2.05) is 18.2 Å². The molecular weight excluding hydrogens is 262 g/mol. The van der Waals surface area contributed by atoms with Crippen LogP contribution in [0.15, 0.2) is 48.5 Å². The van der Waals surface area contributed by atoms with E-state index in [9.17, 15) is 9.90 Å². The van der Waals surface area contributed by atoms with Crippen LogP contribution in [0.3, 0.4) is 0 Å². The summed E-state index contributed by atoms with van der Waals surface area (Å²) in [4.78, 5) is 13.6. The Labute approximate surface area is 124 Å². The molecule has 1 N–H and O–H groups in total. The molecule has 0 bridgehead atoms. The van der Waals surface area contributed by atoms with Gasteiger partial charge in [0.1, 0.15) is 0 Å². The number of aryl methyl sites for hydroxylation is 1. The summed E-state index contributed by atoms with van der Waals surface area (Å²) in [6.45, 7) is 3.40. The average Bonchev–Trinajstić information content (AvgIpc) is 2.47. The summed E-state index contributed by atoms with van der Waals surface area (Å²) >= 11 is 0. The van der Waals surface area contributed by atoms with Crippen LogP contribution in [0.4, 0.5) is 5.69 Å². The fraction of sp³-hybridized carbons (Fsp3) is 0.278. The van der Waals surface area contributed by atoms with Gasteiger partial charge in [-0.05, 0) is 30.5 Å². The molecule has 1 aliphatic heterocycles. The summed E-state index contributed by atoms with van der Waals surface area (Å²) in [5.41, 5.74) is 4.74. The molecule has 0 spiro atoms. The number of aliphatic carboxylic acids is 1. The SMILES string of the molecule is Cc1cccc(CN2CC(C(=O)O)Cc3ccccc32)c1. The number of carbonyl (C=O) groups is 1. The Kier molecular flexibility index (Phi) is 3.65. The first-order valence-electron chi connectivity index (χ1n) is 7.24. The number of para-hydroxylation sites is 1. The van der Waals surface area contributed by atoms with E-state index in [0.717, 1.165) is 17.8 Å². The molecule has 0 fully saturated rings. The smallest absolute Gasteiger partial charge is 0.308 e. The maximum Gasteiger partial charge on any atom is 0.308 e. The van der Waals surface area contributed by atoms with E-state index in [-0.39, 0.29) is 5.92 Å². The van der Waals surface area contributed by atoms with Crippen molar-refractivity contribution in [2.24, 2.45) is 5.92 Å². The van der Waals surface area contributed by atoms with Crippen LogP contribution in [-0.4, -0.2) is 17.6 Å². The predicted octanol–water partition coefficient (Wildman–Crippen LogP) is 3.26. The maximum atomic E-state index is 11.4. The fourth-order valence-electron chi connectivity index (χ4n) is 3.03. The average molecular weight is 281 g/mol. The Morgan fingerprint density at radius 1 is 1.24 bits per heavy atom. The molecule has 0 radical (unpaired) electrons. The molecule has 1 heterocycles. The zero-order valence-corrected chi connectivity index (χ0v) is 12.1. The van der Waals surface area contributed by atoms with Crippen molar-refractivity contribution in [3.8, 4) is 0 Å². The lowest BCUT2D eigenvalue weighted by atomic mass is 9.92. The van der Waals surface area contributed by atoms with Crippen LogP contribution in [0.5, 0.6) is 0 Å². The molecular formula is C18H19NO2. The Hall–Kier alpha value is -2.29. The molecule has 3 heteroatoms. The van der Waals surface area contributed by atoms with E-state index in [1.54, 1.807) is 0 Å². The van der Waals surface area contributed by atoms with Crippen LogP contribution in [-0.2, 0) is 17.8 Å². The van der Waals surface area contributed by atoms with Gasteiger partial charge in [0, 0.05) is 18.8 Å². The van der Waals surface area contributed by atoms with Crippen LogP contribution < -0.4 is 4.90 Å². The summed E-state index contributed by atoms with van der Waals surface area (Å²) in [5, 5.41) is 9.37. The highest BCUT2D eigenvalue weighted by atomic mass is 16.4. The minimum absolute atomic E-state index is 0.329. The molecule has 0 saturated carbocycles. The molecule has 3 rings (SSSR count). The molecule has 108 valence electrons. The maximum absolute atomic E-state index is 11.4. The standard InChI is InChI=1S/C18H19NO2/c1-13-5-4-6-14(9-13)11-19-12-16(18(20)21)10-15-7-2-3-8-17(15)19/h2-9,16H,10-12H2,1H3,(H,20,21). The van der Waals surface area contributed by atoms with Crippen LogP contribution in [0.1, 0.15) is 16.7 Å². The van der Waals surface area contributed by atoms with E-state index in [0.29, 0.717) is 13.0 Å². The number of hydrogen-bond donors (Lipinski definition) is 1. The molecule has 0 aliphatic carbocycles.